The van der Waals surface area contributed by atoms with Crippen LogP contribution in [0.1, 0.15) is 17.6 Å². The van der Waals surface area contributed by atoms with E-state index in [1.165, 1.54) is 0 Å². The fraction of sp³-hybridized carbons (Fsp3) is 0.375. The second-order valence-corrected chi connectivity index (χ2v) is 3.92. The second-order valence-electron chi connectivity index (χ2n) is 2.81. The number of pyridine rings is 1. The molecular weight excluding hydrogens is 348 g/mol. The Kier molecular flexibility index (Phi) is 3.92. The van der Waals surface area contributed by atoms with Gasteiger partial charge in [-0.25, -0.2) is 13.8 Å². The van der Waals surface area contributed by atoms with Crippen LogP contribution >= 0.6 is 22.6 Å². The summed E-state index contributed by atoms with van der Waals surface area (Å²) in [6, 6.07) is 1.02. The summed E-state index contributed by atoms with van der Waals surface area (Å²) in [4.78, 5) is 3.41. The third-order valence-electron chi connectivity index (χ3n) is 1.68. The zero-order valence-electron chi connectivity index (χ0n) is 7.78. The molecule has 0 amide bonds. The molecule has 1 rings (SSSR count). The molecule has 0 aliphatic heterocycles. The highest BCUT2D eigenvalue weighted by atomic mass is 127. The highest BCUT2D eigenvalue weighted by Gasteiger charge is 2.33. The highest BCUT2D eigenvalue weighted by molar-refractivity contribution is 14.1. The van der Waals surface area contributed by atoms with Crippen LogP contribution in [-0.2, 0) is 0 Å². The Morgan fingerprint density at radius 2 is 1.94 bits per heavy atom. The molecule has 0 radical (unpaired) electrons. The van der Waals surface area contributed by atoms with E-state index in [4.69, 9.17) is 0 Å². The quantitative estimate of drug-likeness (QED) is 0.458. The van der Waals surface area contributed by atoms with Gasteiger partial charge < -0.3 is 4.74 Å². The molecule has 0 aromatic carbocycles. The molecule has 8 heteroatoms. The average molecular weight is 353 g/mol. The SMILES string of the molecule is Cc1c(C(F)F)cc(I)nc1OC(F)(F)F. The summed E-state index contributed by atoms with van der Waals surface area (Å²) in [5.41, 5.74) is -0.827. The maximum absolute atomic E-state index is 12.5. The summed E-state index contributed by atoms with van der Waals surface area (Å²) in [6.45, 7) is 1.10. The molecule has 1 aromatic heterocycles. The van der Waals surface area contributed by atoms with Crippen LogP contribution in [0, 0.1) is 10.6 Å². The van der Waals surface area contributed by atoms with Gasteiger partial charge in [0.1, 0.15) is 3.70 Å². The number of alkyl halides is 5. The molecule has 2 nitrogen and oxygen atoms in total. The van der Waals surface area contributed by atoms with E-state index in [-0.39, 0.29) is 9.26 Å². The molecule has 0 aliphatic rings. The summed E-state index contributed by atoms with van der Waals surface area (Å²) in [6.07, 6.45) is -7.81. The third kappa shape index (κ3) is 3.42. The molecule has 0 bridgehead atoms. The van der Waals surface area contributed by atoms with Crippen molar-refractivity contribution in [3.8, 4) is 5.88 Å². The zero-order chi connectivity index (χ0) is 12.5. The van der Waals surface area contributed by atoms with Crippen LogP contribution < -0.4 is 4.74 Å². The normalized spacial score (nSPS) is 12.0. The molecule has 0 atom stereocenters. The maximum atomic E-state index is 12.5. The standard InChI is InChI=1S/C8H5F5INO/c1-3-4(6(9)10)2-5(14)15-7(3)16-8(11,12)13/h2,6H,1H3. The van der Waals surface area contributed by atoms with Gasteiger partial charge in [-0.3, -0.25) is 0 Å². The van der Waals surface area contributed by atoms with Crippen molar-refractivity contribution in [1.29, 1.82) is 0 Å². The Morgan fingerprint density at radius 1 is 1.38 bits per heavy atom. The molecule has 0 saturated heterocycles. The molecule has 0 saturated carbocycles. The zero-order valence-corrected chi connectivity index (χ0v) is 9.94. The predicted octanol–water partition coefficient (Wildman–Crippen LogP) is 3.83. The number of nitrogens with zero attached hydrogens (tertiary/aromatic N) is 1. The smallest absolute Gasteiger partial charge is 0.388 e. The average Bonchev–Trinajstić information content (AvgIpc) is 2.07. The van der Waals surface area contributed by atoms with Gasteiger partial charge in [0.25, 0.3) is 6.43 Å². The van der Waals surface area contributed by atoms with Gasteiger partial charge in [-0.05, 0) is 35.6 Å². The summed E-state index contributed by atoms with van der Waals surface area (Å²) in [5.74, 6) is -0.838. The van der Waals surface area contributed by atoms with Crippen molar-refractivity contribution in [3.63, 3.8) is 0 Å². The van der Waals surface area contributed by atoms with Crippen LogP contribution in [0.15, 0.2) is 6.07 Å². The van der Waals surface area contributed by atoms with Crippen molar-refractivity contribution in [2.45, 2.75) is 19.7 Å². The lowest BCUT2D eigenvalue weighted by Gasteiger charge is -2.13. The van der Waals surface area contributed by atoms with Gasteiger partial charge >= 0.3 is 6.36 Å². The Morgan fingerprint density at radius 3 is 2.38 bits per heavy atom. The minimum atomic E-state index is -4.94. The minimum Gasteiger partial charge on any atom is -0.388 e. The van der Waals surface area contributed by atoms with Gasteiger partial charge in [-0.15, -0.1) is 13.2 Å². The van der Waals surface area contributed by atoms with Crippen molar-refractivity contribution in [2.75, 3.05) is 0 Å². The molecule has 0 spiro atoms. The molecule has 0 fully saturated rings. The first-order valence-corrected chi connectivity index (χ1v) is 4.99. The number of hydrogen-bond donors (Lipinski definition) is 0. The van der Waals surface area contributed by atoms with Gasteiger partial charge in [-0.1, -0.05) is 0 Å². The van der Waals surface area contributed by atoms with Crippen molar-refractivity contribution in [2.24, 2.45) is 0 Å². The van der Waals surface area contributed by atoms with Gasteiger partial charge in [0, 0.05) is 11.1 Å². The van der Waals surface area contributed by atoms with E-state index >= 15 is 0 Å². The van der Waals surface area contributed by atoms with E-state index in [1.54, 1.807) is 22.6 Å². The van der Waals surface area contributed by atoms with Gasteiger partial charge in [0.15, 0.2) is 0 Å². The minimum absolute atomic E-state index is 0.0118. The molecule has 90 valence electrons. The lowest BCUT2D eigenvalue weighted by molar-refractivity contribution is -0.276. The van der Waals surface area contributed by atoms with Crippen LogP contribution in [0.4, 0.5) is 22.0 Å². The summed E-state index contributed by atoms with van der Waals surface area (Å²) in [7, 11) is 0. The molecule has 1 aromatic rings. The van der Waals surface area contributed by atoms with Crippen LogP contribution in [-0.4, -0.2) is 11.3 Å². The van der Waals surface area contributed by atoms with Gasteiger partial charge in [-0.2, -0.15) is 0 Å². The van der Waals surface area contributed by atoms with Gasteiger partial charge in [0.05, 0.1) is 0 Å². The monoisotopic (exact) mass is 353 g/mol. The summed E-state index contributed by atoms with van der Waals surface area (Å²) in [5, 5.41) is 0. The number of rotatable bonds is 2. The Bertz CT molecular complexity index is 393. The molecule has 0 N–H and O–H groups in total. The Hall–Kier alpha value is -0.670. The van der Waals surface area contributed by atoms with Crippen molar-refractivity contribution >= 4 is 22.6 Å². The molecule has 0 unspecified atom stereocenters. The van der Waals surface area contributed by atoms with Crippen LogP contribution in [0.25, 0.3) is 0 Å². The van der Waals surface area contributed by atoms with Crippen LogP contribution in [0.2, 0.25) is 0 Å². The Balaban J connectivity index is 3.19. The second kappa shape index (κ2) is 4.68. The number of halogens is 6. The topological polar surface area (TPSA) is 22.1 Å². The lowest BCUT2D eigenvalue weighted by Crippen LogP contribution is -2.19. The fourth-order valence-corrected chi connectivity index (χ4v) is 1.56. The van der Waals surface area contributed by atoms with E-state index < -0.39 is 24.2 Å². The Labute approximate surface area is 101 Å². The third-order valence-corrected chi connectivity index (χ3v) is 2.24. The summed E-state index contributed by atoms with van der Waals surface area (Å²) >= 11 is 1.54. The fourth-order valence-electron chi connectivity index (χ4n) is 1.01. The van der Waals surface area contributed by atoms with E-state index in [2.05, 4.69) is 9.72 Å². The van der Waals surface area contributed by atoms with Crippen LogP contribution in [0.5, 0.6) is 5.88 Å². The van der Waals surface area contributed by atoms with Gasteiger partial charge in [0.2, 0.25) is 5.88 Å². The lowest BCUT2D eigenvalue weighted by atomic mass is 10.1. The first-order valence-electron chi connectivity index (χ1n) is 3.91. The van der Waals surface area contributed by atoms with Crippen molar-refractivity contribution in [3.05, 3.63) is 20.9 Å². The van der Waals surface area contributed by atoms with Crippen molar-refractivity contribution < 1.29 is 26.7 Å². The molecule has 1 heterocycles. The first kappa shape index (κ1) is 13.4. The molecule has 0 aliphatic carbocycles. The molecular formula is C8H5F5INO. The predicted molar refractivity (Wildman–Crippen MR) is 53.3 cm³/mol. The summed E-state index contributed by atoms with van der Waals surface area (Å²) < 4.78 is 64.3. The van der Waals surface area contributed by atoms with E-state index in [1.807, 2.05) is 0 Å². The van der Waals surface area contributed by atoms with E-state index in [0.717, 1.165) is 13.0 Å². The number of aromatic nitrogens is 1. The number of hydrogen-bond acceptors (Lipinski definition) is 2. The number of ether oxygens (including phenoxy) is 1. The van der Waals surface area contributed by atoms with Crippen LogP contribution in [0.3, 0.4) is 0 Å². The molecule has 16 heavy (non-hydrogen) atoms. The maximum Gasteiger partial charge on any atom is 0.574 e. The van der Waals surface area contributed by atoms with E-state index in [9.17, 15) is 22.0 Å². The highest BCUT2D eigenvalue weighted by Crippen LogP contribution is 2.31. The first-order chi connectivity index (χ1) is 7.20. The largest absolute Gasteiger partial charge is 0.574 e. The van der Waals surface area contributed by atoms with E-state index in [0.29, 0.717) is 0 Å². The van der Waals surface area contributed by atoms with Crippen molar-refractivity contribution in [1.82, 2.24) is 4.98 Å².